The maximum atomic E-state index is 5.52. The van der Waals surface area contributed by atoms with Gasteiger partial charge in [0.05, 0.1) is 0 Å². The van der Waals surface area contributed by atoms with Crippen LogP contribution in [-0.2, 0) is 17.8 Å². The molecule has 0 fully saturated rings. The molecule has 0 radical (unpaired) electrons. The van der Waals surface area contributed by atoms with Gasteiger partial charge >= 0.3 is 0 Å². The Morgan fingerprint density at radius 2 is 2.24 bits per heavy atom. The minimum Gasteiger partial charge on any atom is -0.381 e. The van der Waals surface area contributed by atoms with Gasteiger partial charge in [0.1, 0.15) is 0 Å². The van der Waals surface area contributed by atoms with Gasteiger partial charge in [0.15, 0.2) is 0 Å². The number of hydrogen-bond donors (Lipinski definition) is 1. The molecule has 3 nitrogen and oxygen atoms in total. The molecule has 0 aromatic carbocycles. The maximum absolute atomic E-state index is 5.52. The molecule has 1 rings (SSSR count). The zero-order chi connectivity index (χ0) is 12.5. The highest BCUT2D eigenvalue weighted by molar-refractivity contribution is 5.09. The fraction of sp³-hybridized carbons (Fsp3) is 0.714. The first kappa shape index (κ1) is 14.3. The maximum Gasteiger partial charge on any atom is 0.0489 e. The van der Waals surface area contributed by atoms with Crippen molar-refractivity contribution in [1.82, 2.24) is 9.88 Å². The molecule has 0 bridgehead atoms. The van der Waals surface area contributed by atoms with Crippen molar-refractivity contribution in [3.05, 3.63) is 24.0 Å². The second kappa shape index (κ2) is 8.31. The second-order valence-electron chi connectivity index (χ2n) is 4.85. The molecule has 0 amide bonds. The van der Waals surface area contributed by atoms with E-state index in [1.165, 1.54) is 5.56 Å². The predicted molar refractivity (Wildman–Crippen MR) is 72.1 cm³/mol. The SMILES string of the molecule is CCn1ccc(CNCCCOCC(C)C)c1. The van der Waals surface area contributed by atoms with Crippen LogP contribution in [0.4, 0.5) is 0 Å². The van der Waals surface area contributed by atoms with E-state index in [0.29, 0.717) is 5.92 Å². The Morgan fingerprint density at radius 3 is 2.88 bits per heavy atom. The van der Waals surface area contributed by atoms with Crippen molar-refractivity contribution in [2.24, 2.45) is 5.92 Å². The van der Waals surface area contributed by atoms with Crippen molar-refractivity contribution in [2.45, 2.75) is 40.3 Å². The molecule has 0 spiro atoms. The van der Waals surface area contributed by atoms with Crippen LogP contribution in [0.25, 0.3) is 0 Å². The topological polar surface area (TPSA) is 26.2 Å². The highest BCUT2D eigenvalue weighted by atomic mass is 16.5. The molecule has 1 N–H and O–H groups in total. The molecular weight excluding hydrogens is 212 g/mol. The van der Waals surface area contributed by atoms with Crippen LogP contribution in [0.15, 0.2) is 18.5 Å². The summed E-state index contributed by atoms with van der Waals surface area (Å²) in [7, 11) is 0. The molecular formula is C14H26N2O. The van der Waals surface area contributed by atoms with Gasteiger partial charge in [0, 0.05) is 38.7 Å². The van der Waals surface area contributed by atoms with Gasteiger partial charge < -0.3 is 14.6 Å². The van der Waals surface area contributed by atoms with Gasteiger partial charge in [-0.1, -0.05) is 13.8 Å². The molecule has 1 aromatic heterocycles. The standard InChI is InChI=1S/C14H26N2O/c1-4-16-8-6-14(11-16)10-15-7-5-9-17-12-13(2)3/h6,8,11,13,15H,4-5,7,9-10,12H2,1-3H3. The number of aryl methyl sites for hydroxylation is 1. The summed E-state index contributed by atoms with van der Waals surface area (Å²) in [6.45, 7) is 11.3. The summed E-state index contributed by atoms with van der Waals surface area (Å²) < 4.78 is 7.72. The largest absolute Gasteiger partial charge is 0.381 e. The highest BCUT2D eigenvalue weighted by Gasteiger charge is 1.96. The van der Waals surface area contributed by atoms with E-state index in [1.807, 2.05) is 0 Å². The van der Waals surface area contributed by atoms with Crippen LogP contribution in [0.5, 0.6) is 0 Å². The monoisotopic (exact) mass is 238 g/mol. The van der Waals surface area contributed by atoms with E-state index in [2.05, 4.69) is 49.1 Å². The molecule has 0 saturated carbocycles. The van der Waals surface area contributed by atoms with Crippen LogP contribution in [0.2, 0.25) is 0 Å². The lowest BCUT2D eigenvalue weighted by Crippen LogP contribution is -2.16. The van der Waals surface area contributed by atoms with Gasteiger partial charge in [-0.05, 0) is 37.4 Å². The lowest BCUT2D eigenvalue weighted by atomic mass is 10.2. The van der Waals surface area contributed by atoms with Crippen molar-refractivity contribution >= 4 is 0 Å². The third kappa shape index (κ3) is 6.49. The van der Waals surface area contributed by atoms with Gasteiger partial charge in [0.25, 0.3) is 0 Å². The van der Waals surface area contributed by atoms with E-state index in [1.54, 1.807) is 0 Å². The van der Waals surface area contributed by atoms with E-state index >= 15 is 0 Å². The first-order valence-electron chi connectivity index (χ1n) is 6.65. The molecule has 0 aliphatic carbocycles. The Bertz CT molecular complexity index is 294. The van der Waals surface area contributed by atoms with Crippen LogP contribution in [0, 0.1) is 5.92 Å². The quantitative estimate of drug-likeness (QED) is 0.669. The summed E-state index contributed by atoms with van der Waals surface area (Å²) >= 11 is 0. The Morgan fingerprint density at radius 1 is 1.41 bits per heavy atom. The van der Waals surface area contributed by atoms with E-state index < -0.39 is 0 Å². The normalized spacial score (nSPS) is 11.3. The fourth-order valence-corrected chi connectivity index (χ4v) is 1.64. The van der Waals surface area contributed by atoms with Crippen LogP contribution in [0.3, 0.4) is 0 Å². The summed E-state index contributed by atoms with van der Waals surface area (Å²) in [6.07, 6.45) is 5.41. The lowest BCUT2D eigenvalue weighted by molar-refractivity contribution is 0.108. The average Bonchev–Trinajstić information content (AvgIpc) is 2.75. The van der Waals surface area contributed by atoms with Gasteiger partial charge in [-0.15, -0.1) is 0 Å². The van der Waals surface area contributed by atoms with Gasteiger partial charge in [-0.25, -0.2) is 0 Å². The van der Waals surface area contributed by atoms with E-state index in [-0.39, 0.29) is 0 Å². The number of aromatic nitrogens is 1. The average molecular weight is 238 g/mol. The zero-order valence-corrected chi connectivity index (χ0v) is 11.4. The highest BCUT2D eigenvalue weighted by Crippen LogP contribution is 2.00. The molecule has 0 atom stereocenters. The van der Waals surface area contributed by atoms with Crippen molar-refractivity contribution in [3.63, 3.8) is 0 Å². The van der Waals surface area contributed by atoms with Crippen LogP contribution in [0.1, 0.15) is 32.8 Å². The van der Waals surface area contributed by atoms with Crippen molar-refractivity contribution in [2.75, 3.05) is 19.8 Å². The molecule has 0 saturated heterocycles. The predicted octanol–water partition coefficient (Wildman–Crippen LogP) is 2.66. The minimum atomic E-state index is 0.636. The van der Waals surface area contributed by atoms with E-state index in [0.717, 1.165) is 39.3 Å². The van der Waals surface area contributed by atoms with Crippen molar-refractivity contribution < 1.29 is 4.74 Å². The molecule has 3 heteroatoms. The Balaban J connectivity index is 1.97. The summed E-state index contributed by atoms with van der Waals surface area (Å²) in [5.41, 5.74) is 1.36. The first-order chi connectivity index (χ1) is 8.22. The summed E-state index contributed by atoms with van der Waals surface area (Å²) in [6, 6.07) is 2.17. The third-order valence-corrected chi connectivity index (χ3v) is 2.60. The minimum absolute atomic E-state index is 0.636. The number of nitrogens with one attached hydrogen (secondary N) is 1. The summed E-state index contributed by atoms with van der Waals surface area (Å²) in [5.74, 6) is 0.636. The molecule has 0 unspecified atom stereocenters. The number of hydrogen-bond acceptors (Lipinski definition) is 2. The summed E-state index contributed by atoms with van der Waals surface area (Å²) in [4.78, 5) is 0. The lowest BCUT2D eigenvalue weighted by Gasteiger charge is -2.07. The Labute approximate surface area is 105 Å². The Hall–Kier alpha value is -0.800. The van der Waals surface area contributed by atoms with E-state index in [9.17, 15) is 0 Å². The number of rotatable bonds is 9. The van der Waals surface area contributed by atoms with Crippen LogP contribution in [-0.4, -0.2) is 24.3 Å². The Kier molecular flexibility index (Phi) is 6.97. The van der Waals surface area contributed by atoms with Crippen molar-refractivity contribution in [3.8, 4) is 0 Å². The van der Waals surface area contributed by atoms with Gasteiger partial charge in [0.2, 0.25) is 0 Å². The van der Waals surface area contributed by atoms with Gasteiger partial charge in [-0.3, -0.25) is 0 Å². The van der Waals surface area contributed by atoms with Crippen LogP contribution < -0.4 is 5.32 Å². The molecule has 0 aliphatic heterocycles. The third-order valence-electron chi connectivity index (χ3n) is 2.60. The van der Waals surface area contributed by atoms with Crippen LogP contribution >= 0.6 is 0 Å². The smallest absolute Gasteiger partial charge is 0.0489 e. The fourth-order valence-electron chi connectivity index (χ4n) is 1.64. The van der Waals surface area contributed by atoms with E-state index in [4.69, 9.17) is 4.74 Å². The van der Waals surface area contributed by atoms with Gasteiger partial charge in [-0.2, -0.15) is 0 Å². The molecule has 1 aromatic rings. The molecule has 17 heavy (non-hydrogen) atoms. The second-order valence-corrected chi connectivity index (χ2v) is 4.85. The number of ether oxygens (including phenoxy) is 1. The van der Waals surface area contributed by atoms with Crippen molar-refractivity contribution in [1.29, 1.82) is 0 Å². The molecule has 0 aliphatic rings. The first-order valence-corrected chi connectivity index (χ1v) is 6.65. The molecule has 1 heterocycles. The summed E-state index contributed by atoms with van der Waals surface area (Å²) in [5, 5.41) is 3.43. The molecule has 98 valence electrons. The number of nitrogens with zero attached hydrogens (tertiary/aromatic N) is 1. The zero-order valence-electron chi connectivity index (χ0n) is 11.4.